The number of hydrogen-bond acceptors (Lipinski definition) is 4. The average molecular weight is 383 g/mol. The van der Waals surface area contributed by atoms with Crippen LogP contribution in [0.2, 0.25) is 0 Å². The van der Waals surface area contributed by atoms with Crippen LogP contribution in [0.15, 0.2) is 48.5 Å². The predicted molar refractivity (Wildman–Crippen MR) is 104 cm³/mol. The number of rotatable bonds is 3. The van der Waals surface area contributed by atoms with E-state index in [1.807, 2.05) is 31.2 Å². The van der Waals surface area contributed by atoms with Crippen molar-refractivity contribution in [2.24, 2.45) is 0 Å². The molecule has 1 aromatic heterocycles. The summed E-state index contributed by atoms with van der Waals surface area (Å²) >= 11 is 1.54. The molecule has 1 unspecified atom stereocenters. The highest BCUT2D eigenvalue weighted by Gasteiger charge is 2.32. The zero-order valence-electron chi connectivity index (χ0n) is 14.9. The Balaban J connectivity index is 1.90. The first-order valence-electron chi connectivity index (χ1n) is 8.48. The minimum absolute atomic E-state index is 0.0955. The molecule has 4 rings (SSSR count). The maximum atomic E-state index is 13.3. The quantitative estimate of drug-likeness (QED) is 0.740. The van der Waals surface area contributed by atoms with Crippen molar-refractivity contribution in [1.29, 1.82) is 0 Å². The van der Waals surface area contributed by atoms with Crippen molar-refractivity contribution in [3.05, 3.63) is 71.2 Å². The molecule has 3 aromatic rings. The minimum atomic E-state index is -0.319. The topological polar surface area (TPSA) is 56.1 Å². The molecule has 138 valence electrons. The van der Waals surface area contributed by atoms with E-state index in [0.29, 0.717) is 17.3 Å². The molecule has 0 aliphatic carbocycles. The van der Waals surface area contributed by atoms with Gasteiger partial charge in [-0.25, -0.2) is 9.07 Å². The summed E-state index contributed by atoms with van der Waals surface area (Å²) in [6.07, 6.45) is 0. The van der Waals surface area contributed by atoms with Crippen molar-refractivity contribution in [2.45, 2.75) is 12.2 Å². The number of carbonyl (C=O) groups excluding carboxylic acids is 1. The fraction of sp³-hybridized carbons (Fsp3) is 0.200. The molecule has 0 spiro atoms. The number of nitrogens with zero attached hydrogens (tertiary/aromatic N) is 2. The van der Waals surface area contributed by atoms with E-state index in [0.717, 1.165) is 22.6 Å². The Hall–Kier alpha value is -2.80. The van der Waals surface area contributed by atoms with Crippen molar-refractivity contribution in [3.8, 4) is 11.4 Å². The van der Waals surface area contributed by atoms with Crippen LogP contribution >= 0.6 is 11.8 Å². The summed E-state index contributed by atoms with van der Waals surface area (Å²) in [6, 6.07) is 13.8. The average Bonchev–Trinajstić information content (AvgIpc) is 2.88. The van der Waals surface area contributed by atoms with E-state index in [2.05, 4.69) is 10.4 Å². The third kappa shape index (κ3) is 3.19. The van der Waals surface area contributed by atoms with Crippen molar-refractivity contribution in [3.63, 3.8) is 0 Å². The molecule has 1 N–H and O–H groups in total. The molecule has 5 nitrogen and oxygen atoms in total. The summed E-state index contributed by atoms with van der Waals surface area (Å²) < 4.78 is 20.5. The maximum absolute atomic E-state index is 13.3. The lowest BCUT2D eigenvalue weighted by molar-refractivity contribution is -0.113. The van der Waals surface area contributed by atoms with Gasteiger partial charge >= 0.3 is 0 Å². The Morgan fingerprint density at radius 3 is 2.70 bits per heavy atom. The van der Waals surface area contributed by atoms with Crippen LogP contribution < -0.4 is 10.1 Å². The smallest absolute Gasteiger partial charge is 0.235 e. The number of methoxy groups -OCH3 is 1. The third-order valence-electron chi connectivity index (χ3n) is 4.50. The van der Waals surface area contributed by atoms with E-state index in [4.69, 9.17) is 4.74 Å². The molecular weight excluding hydrogens is 365 g/mol. The van der Waals surface area contributed by atoms with Gasteiger partial charge in [0.05, 0.1) is 29.5 Å². The Morgan fingerprint density at radius 1 is 1.22 bits per heavy atom. The number of nitrogens with one attached hydrogen (secondary N) is 1. The van der Waals surface area contributed by atoms with Gasteiger partial charge in [0.15, 0.2) is 0 Å². The Labute approximate surface area is 160 Å². The van der Waals surface area contributed by atoms with Crippen molar-refractivity contribution in [1.82, 2.24) is 9.78 Å². The lowest BCUT2D eigenvalue weighted by atomic mass is 10.0. The molecule has 0 bridgehead atoms. The molecule has 0 saturated heterocycles. The second kappa shape index (κ2) is 7.08. The first-order chi connectivity index (χ1) is 13.1. The molecule has 0 fully saturated rings. The van der Waals surface area contributed by atoms with Crippen molar-refractivity contribution >= 4 is 23.5 Å². The number of hydrogen-bond donors (Lipinski definition) is 1. The van der Waals surface area contributed by atoms with Crippen LogP contribution in [0.5, 0.6) is 5.75 Å². The van der Waals surface area contributed by atoms with E-state index < -0.39 is 0 Å². The molecule has 27 heavy (non-hydrogen) atoms. The summed E-state index contributed by atoms with van der Waals surface area (Å²) in [7, 11) is 1.64. The van der Waals surface area contributed by atoms with Gasteiger partial charge in [-0.1, -0.05) is 18.2 Å². The highest BCUT2D eigenvalue weighted by atomic mass is 32.2. The first-order valence-corrected chi connectivity index (χ1v) is 9.53. The minimum Gasteiger partial charge on any atom is -0.496 e. The highest BCUT2D eigenvalue weighted by molar-refractivity contribution is 8.00. The number of carbonyl (C=O) groups is 1. The fourth-order valence-corrected chi connectivity index (χ4v) is 4.49. The fourth-order valence-electron chi connectivity index (χ4n) is 3.28. The molecule has 7 heteroatoms. The summed E-state index contributed by atoms with van der Waals surface area (Å²) in [5.74, 6) is 1.29. The van der Waals surface area contributed by atoms with E-state index in [1.165, 1.54) is 23.9 Å². The molecule has 1 atom stereocenters. The van der Waals surface area contributed by atoms with E-state index in [-0.39, 0.29) is 17.0 Å². The van der Waals surface area contributed by atoms with Crippen molar-refractivity contribution in [2.75, 3.05) is 18.2 Å². The van der Waals surface area contributed by atoms with E-state index in [9.17, 15) is 9.18 Å². The molecule has 1 aliphatic rings. The Morgan fingerprint density at radius 2 is 1.96 bits per heavy atom. The van der Waals surface area contributed by atoms with Crippen LogP contribution in [-0.4, -0.2) is 28.6 Å². The lowest BCUT2D eigenvalue weighted by Crippen LogP contribution is -2.15. The molecule has 0 saturated carbocycles. The number of anilines is 1. The Kier molecular flexibility index (Phi) is 4.61. The number of halogens is 1. The third-order valence-corrected chi connectivity index (χ3v) is 5.75. The monoisotopic (exact) mass is 383 g/mol. The van der Waals surface area contributed by atoms with Crippen LogP contribution in [0.1, 0.15) is 22.1 Å². The van der Waals surface area contributed by atoms with Gasteiger partial charge in [-0.2, -0.15) is 5.10 Å². The molecule has 2 heterocycles. The van der Waals surface area contributed by atoms with Gasteiger partial charge in [0.2, 0.25) is 5.91 Å². The summed E-state index contributed by atoms with van der Waals surface area (Å²) in [4.78, 5) is 12.4. The zero-order chi connectivity index (χ0) is 19.0. The van der Waals surface area contributed by atoms with Gasteiger partial charge in [0, 0.05) is 11.1 Å². The molecular formula is C20H18FN3O2S. The molecule has 0 radical (unpaired) electrons. The standard InChI is InChI=1S/C20H18FN3O2S/c1-12-18-19(15-5-3-4-6-16(15)26-2)27-11-17(25)22-20(18)24(23-12)14-9-7-13(21)8-10-14/h3-10,19H,11H2,1-2H3,(H,22,25). The number of aromatic nitrogens is 2. The number of para-hydroxylation sites is 1. The largest absolute Gasteiger partial charge is 0.496 e. The number of aryl methyl sites for hydroxylation is 1. The van der Waals surface area contributed by atoms with Crippen LogP contribution in [-0.2, 0) is 4.79 Å². The van der Waals surface area contributed by atoms with Gasteiger partial charge in [-0.05, 0) is 37.3 Å². The zero-order valence-corrected chi connectivity index (χ0v) is 15.7. The maximum Gasteiger partial charge on any atom is 0.235 e. The second-order valence-electron chi connectivity index (χ2n) is 6.22. The highest BCUT2D eigenvalue weighted by Crippen LogP contribution is 2.46. The number of amides is 1. The molecule has 2 aromatic carbocycles. The normalized spacial score (nSPS) is 16.4. The number of thioether (sulfide) groups is 1. The number of ether oxygens (including phenoxy) is 1. The van der Waals surface area contributed by atoms with E-state index >= 15 is 0 Å². The van der Waals surface area contributed by atoms with Gasteiger partial charge in [-0.3, -0.25) is 4.79 Å². The predicted octanol–water partition coefficient (Wildman–Crippen LogP) is 4.10. The van der Waals surface area contributed by atoms with Crippen LogP contribution in [0, 0.1) is 12.7 Å². The van der Waals surface area contributed by atoms with Crippen LogP contribution in [0.25, 0.3) is 5.69 Å². The van der Waals surface area contributed by atoms with Gasteiger partial charge in [-0.15, -0.1) is 11.8 Å². The summed E-state index contributed by atoms with van der Waals surface area (Å²) in [5, 5.41) is 7.49. The molecule has 1 amide bonds. The summed E-state index contributed by atoms with van der Waals surface area (Å²) in [6.45, 7) is 1.92. The van der Waals surface area contributed by atoms with Gasteiger partial charge in [0.1, 0.15) is 17.4 Å². The first kappa shape index (κ1) is 17.6. The number of fused-ring (bicyclic) bond motifs is 1. The number of benzene rings is 2. The Bertz CT molecular complexity index is 1000. The second-order valence-corrected chi connectivity index (χ2v) is 7.31. The van der Waals surface area contributed by atoms with Gasteiger partial charge < -0.3 is 10.1 Å². The SMILES string of the molecule is COc1ccccc1C1SCC(=O)Nc2c1c(C)nn2-c1ccc(F)cc1. The van der Waals surface area contributed by atoms with Crippen LogP contribution in [0.4, 0.5) is 10.2 Å². The lowest BCUT2D eigenvalue weighted by Gasteiger charge is -2.18. The van der Waals surface area contributed by atoms with E-state index in [1.54, 1.807) is 23.9 Å². The van der Waals surface area contributed by atoms with Gasteiger partial charge in [0.25, 0.3) is 0 Å². The summed E-state index contributed by atoms with van der Waals surface area (Å²) in [5.41, 5.74) is 3.41. The molecule has 1 aliphatic heterocycles. The van der Waals surface area contributed by atoms with Crippen molar-refractivity contribution < 1.29 is 13.9 Å². The van der Waals surface area contributed by atoms with Crippen LogP contribution in [0.3, 0.4) is 0 Å².